The van der Waals surface area contributed by atoms with Crippen molar-refractivity contribution in [3.05, 3.63) is 23.8 Å². The number of piperidine rings is 1. The van der Waals surface area contributed by atoms with Crippen molar-refractivity contribution >= 4 is 5.91 Å². The number of ether oxygens (including phenoxy) is 2. The van der Waals surface area contributed by atoms with Crippen molar-refractivity contribution in [3.63, 3.8) is 0 Å². The summed E-state index contributed by atoms with van der Waals surface area (Å²) in [6.07, 6.45) is 5.20. The van der Waals surface area contributed by atoms with Crippen molar-refractivity contribution in [1.29, 1.82) is 0 Å². The highest BCUT2D eigenvalue weighted by Crippen LogP contribution is 2.30. The fourth-order valence-electron chi connectivity index (χ4n) is 3.17. The third-order valence-corrected chi connectivity index (χ3v) is 4.58. The lowest BCUT2D eigenvalue weighted by atomic mass is 9.96. The highest BCUT2D eigenvalue weighted by Gasteiger charge is 2.30. The van der Waals surface area contributed by atoms with Gasteiger partial charge in [0.1, 0.15) is 0 Å². The smallest absolute Gasteiger partial charge is 0.254 e. The molecule has 2 unspecified atom stereocenters. The predicted molar refractivity (Wildman–Crippen MR) is 95.7 cm³/mol. The molecule has 134 valence electrons. The lowest BCUT2D eigenvalue weighted by molar-refractivity contribution is 0.0583. The number of hydrogen-bond acceptors (Lipinski definition) is 4. The Kier molecular flexibility index (Phi) is 6.91. The number of nitrogens with zero attached hydrogens (tertiary/aromatic N) is 1. The second kappa shape index (κ2) is 8.92. The lowest BCUT2D eigenvalue weighted by Crippen LogP contribution is -2.51. The zero-order chi connectivity index (χ0) is 17.5. The maximum Gasteiger partial charge on any atom is 0.254 e. The molecule has 5 heteroatoms. The zero-order valence-corrected chi connectivity index (χ0v) is 15.1. The minimum atomic E-state index is -0.0206. The van der Waals surface area contributed by atoms with E-state index in [-0.39, 0.29) is 18.0 Å². The third kappa shape index (κ3) is 4.41. The van der Waals surface area contributed by atoms with E-state index in [1.54, 1.807) is 13.2 Å². The Morgan fingerprint density at radius 3 is 2.83 bits per heavy atom. The number of unbranched alkanes of at least 4 members (excludes halogenated alkanes) is 1. The Morgan fingerprint density at radius 2 is 2.17 bits per heavy atom. The number of benzene rings is 1. The van der Waals surface area contributed by atoms with E-state index >= 15 is 0 Å². The maximum atomic E-state index is 12.9. The van der Waals surface area contributed by atoms with Crippen LogP contribution in [0.1, 0.15) is 56.3 Å². The van der Waals surface area contributed by atoms with Gasteiger partial charge in [-0.3, -0.25) is 4.79 Å². The molecule has 0 radical (unpaired) electrons. The van der Waals surface area contributed by atoms with Crippen LogP contribution in [-0.2, 0) is 0 Å². The van der Waals surface area contributed by atoms with Gasteiger partial charge < -0.3 is 20.1 Å². The minimum Gasteiger partial charge on any atom is -0.493 e. The number of rotatable bonds is 7. The van der Waals surface area contributed by atoms with Crippen LogP contribution < -0.4 is 15.2 Å². The molecule has 0 saturated carbocycles. The Hall–Kier alpha value is -1.75. The van der Waals surface area contributed by atoms with Crippen LogP contribution in [0.4, 0.5) is 0 Å². The molecule has 1 heterocycles. The molecule has 0 aromatic heterocycles. The summed E-state index contributed by atoms with van der Waals surface area (Å²) in [7, 11) is 1.60. The molecule has 1 fully saturated rings. The van der Waals surface area contributed by atoms with Gasteiger partial charge in [0.05, 0.1) is 13.7 Å². The molecule has 0 bridgehead atoms. The summed E-state index contributed by atoms with van der Waals surface area (Å²) in [6, 6.07) is 5.51. The van der Waals surface area contributed by atoms with Crippen LogP contribution in [0.25, 0.3) is 0 Å². The van der Waals surface area contributed by atoms with Gasteiger partial charge in [-0.1, -0.05) is 13.3 Å². The number of hydrogen-bond donors (Lipinski definition) is 1. The highest BCUT2D eigenvalue weighted by molar-refractivity contribution is 5.95. The first-order valence-corrected chi connectivity index (χ1v) is 8.95. The van der Waals surface area contributed by atoms with Crippen LogP contribution in [0.3, 0.4) is 0 Å². The summed E-state index contributed by atoms with van der Waals surface area (Å²) >= 11 is 0. The number of nitrogens with two attached hydrogens (primary N) is 1. The summed E-state index contributed by atoms with van der Waals surface area (Å²) in [5.41, 5.74) is 6.71. The molecule has 2 rings (SSSR count). The average Bonchev–Trinajstić information content (AvgIpc) is 2.61. The first kappa shape index (κ1) is 18.6. The molecule has 5 nitrogen and oxygen atoms in total. The van der Waals surface area contributed by atoms with Crippen LogP contribution in [-0.4, -0.2) is 43.2 Å². The van der Waals surface area contributed by atoms with Gasteiger partial charge in [-0.15, -0.1) is 0 Å². The van der Waals surface area contributed by atoms with E-state index in [0.29, 0.717) is 23.7 Å². The van der Waals surface area contributed by atoms with Crippen molar-refractivity contribution in [2.75, 3.05) is 20.3 Å². The Balaban J connectivity index is 2.16. The molecule has 24 heavy (non-hydrogen) atoms. The molecule has 1 aliphatic heterocycles. The zero-order valence-electron chi connectivity index (χ0n) is 15.1. The number of likely N-dealkylation sites (tertiary alicyclic amines) is 1. The van der Waals surface area contributed by atoms with E-state index in [4.69, 9.17) is 15.2 Å². The molecule has 0 aliphatic carbocycles. The largest absolute Gasteiger partial charge is 0.493 e. The molecule has 1 aliphatic rings. The summed E-state index contributed by atoms with van der Waals surface area (Å²) in [6.45, 7) is 5.51. The summed E-state index contributed by atoms with van der Waals surface area (Å²) in [5, 5.41) is 0. The molecule has 0 spiro atoms. The average molecular weight is 334 g/mol. The monoisotopic (exact) mass is 334 g/mol. The van der Waals surface area contributed by atoms with Crippen LogP contribution in [0.5, 0.6) is 11.5 Å². The lowest BCUT2D eigenvalue weighted by Gasteiger charge is -2.38. The number of methoxy groups -OCH3 is 1. The molecule has 2 N–H and O–H groups in total. The van der Waals surface area contributed by atoms with Crippen molar-refractivity contribution in [3.8, 4) is 11.5 Å². The number of carbonyl (C=O) groups is 1. The van der Waals surface area contributed by atoms with Gasteiger partial charge in [0.2, 0.25) is 0 Å². The molecular weight excluding hydrogens is 304 g/mol. The normalized spacial score (nSPS) is 19.0. The molecule has 2 atom stereocenters. The van der Waals surface area contributed by atoms with Gasteiger partial charge in [0.15, 0.2) is 11.5 Å². The standard InChI is InChI=1S/C19H30N2O3/c1-4-5-12-24-17-10-9-15(13-18(17)23-3)19(22)21-11-7-6-8-16(21)14(2)20/h9-10,13-14,16H,4-8,11-12,20H2,1-3H3. The van der Waals surface area contributed by atoms with Gasteiger partial charge in [0.25, 0.3) is 5.91 Å². The quantitative estimate of drug-likeness (QED) is 0.778. The van der Waals surface area contributed by atoms with Crippen LogP contribution in [0.15, 0.2) is 18.2 Å². The topological polar surface area (TPSA) is 64.8 Å². The number of amides is 1. The Labute approximate surface area is 145 Å². The van der Waals surface area contributed by atoms with Gasteiger partial charge >= 0.3 is 0 Å². The van der Waals surface area contributed by atoms with Crippen LogP contribution in [0.2, 0.25) is 0 Å². The van der Waals surface area contributed by atoms with Gasteiger partial charge in [-0.25, -0.2) is 0 Å². The second-order valence-corrected chi connectivity index (χ2v) is 6.49. The molecule has 1 saturated heterocycles. The van der Waals surface area contributed by atoms with Crippen molar-refractivity contribution in [1.82, 2.24) is 4.90 Å². The van der Waals surface area contributed by atoms with E-state index in [2.05, 4.69) is 6.92 Å². The summed E-state index contributed by atoms with van der Waals surface area (Å²) in [4.78, 5) is 14.8. The molecule has 1 aromatic rings. The Bertz CT molecular complexity index is 545. The fraction of sp³-hybridized carbons (Fsp3) is 0.632. The van der Waals surface area contributed by atoms with Crippen molar-refractivity contribution < 1.29 is 14.3 Å². The second-order valence-electron chi connectivity index (χ2n) is 6.49. The highest BCUT2D eigenvalue weighted by atomic mass is 16.5. The fourth-order valence-corrected chi connectivity index (χ4v) is 3.17. The predicted octanol–water partition coefficient (Wildman–Crippen LogP) is 3.22. The number of carbonyl (C=O) groups excluding carboxylic acids is 1. The third-order valence-electron chi connectivity index (χ3n) is 4.58. The molecule has 1 aromatic carbocycles. The maximum absolute atomic E-state index is 12.9. The van der Waals surface area contributed by atoms with Crippen molar-refractivity contribution in [2.24, 2.45) is 5.73 Å². The van der Waals surface area contributed by atoms with E-state index in [1.165, 1.54) is 0 Å². The first-order valence-electron chi connectivity index (χ1n) is 8.95. The molecule has 1 amide bonds. The minimum absolute atomic E-state index is 0.0206. The Morgan fingerprint density at radius 1 is 1.38 bits per heavy atom. The van der Waals surface area contributed by atoms with E-state index < -0.39 is 0 Å². The van der Waals surface area contributed by atoms with Gasteiger partial charge in [-0.2, -0.15) is 0 Å². The van der Waals surface area contributed by atoms with Crippen LogP contribution >= 0.6 is 0 Å². The SMILES string of the molecule is CCCCOc1ccc(C(=O)N2CCCCC2C(C)N)cc1OC. The van der Waals surface area contributed by atoms with Gasteiger partial charge in [0, 0.05) is 24.2 Å². The summed E-state index contributed by atoms with van der Waals surface area (Å²) < 4.78 is 11.1. The van der Waals surface area contributed by atoms with Crippen LogP contribution in [0, 0.1) is 0 Å². The van der Waals surface area contributed by atoms with E-state index in [0.717, 1.165) is 38.6 Å². The van der Waals surface area contributed by atoms with Gasteiger partial charge in [-0.05, 0) is 50.8 Å². The summed E-state index contributed by atoms with van der Waals surface area (Å²) in [5.74, 6) is 1.31. The van der Waals surface area contributed by atoms with Crippen molar-refractivity contribution in [2.45, 2.75) is 58.0 Å². The first-order chi connectivity index (χ1) is 11.6. The van der Waals surface area contributed by atoms with E-state index in [9.17, 15) is 4.79 Å². The molecular formula is C19H30N2O3. The van der Waals surface area contributed by atoms with E-state index in [1.807, 2.05) is 24.0 Å².